The van der Waals surface area contributed by atoms with Crippen molar-refractivity contribution in [3.8, 4) is 0 Å². The normalized spacial score (nSPS) is 16.8. The van der Waals surface area contributed by atoms with E-state index in [1.165, 1.54) is 24.3 Å². The first-order chi connectivity index (χ1) is 8.81. The molecule has 1 aliphatic heterocycles. The Labute approximate surface area is 114 Å². The van der Waals surface area contributed by atoms with E-state index in [1.807, 2.05) is 23.9 Å². The number of thioether (sulfide) groups is 1. The van der Waals surface area contributed by atoms with Crippen LogP contribution in [0, 0.1) is 11.7 Å². The van der Waals surface area contributed by atoms with Crippen LogP contribution >= 0.6 is 11.8 Å². The summed E-state index contributed by atoms with van der Waals surface area (Å²) in [6.45, 7) is 4.12. The van der Waals surface area contributed by atoms with Gasteiger partial charge in [0.15, 0.2) is 0 Å². The molecular weight excluding hydrogens is 245 g/mol. The van der Waals surface area contributed by atoms with Crippen LogP contribution in [0.15, 0.2) is 24.3 Å². The lowest BCUT2D eigenvalue weighted by Crippen LogP contribution is -2.32. The molecule has 0 bridgehead atoms. The first-order valence-electron chi connectivity index (χ1n) is 6.88. The molecule has 1 fully saturated rings. The van der Waals surface area contributed by atoms with Crippen LogP contribution in [-0.4, -0.2) is 24.6 Å². The van der Waals surface area contributed by atoms with Crippen LogP contribution in [0.1, 0.15) is 26.2 Å². The molecule has 0 atom stereocenters. The van der Waals surface area contributed by atoms with Gasteiger partial charge >= 0.3 is 0 Å². The number of anilines is 1. The van der Waals surface area contributed by atoms with Crippen LogP contribution in [-0.2, 0) is 0 Å². The van der Waals surface area contributed by atoms with Gasteiger partial charge in [-0.3, -0.25) is 0 Å². The number of benzene rings is 1. The summed E-state index contributed by atoms with van der Waals surface area (Å²) in [4.78, 5) is 2.23. The van der Waals surface area contributed by atoms with Gasteiger partial charge in [-0.15, -0.1) is 0 Å². The largest absolute Gasteiger partial charge is 0.369 e. The molecule has 18 heavy (non-hydrogen) atoms. The number of nitrogens with zero attached hydrogens (tertiary/aromatic N) is 1. The van der Waals surface area contributed by atoms with Crippen molar-refractivity contribution in [2.45, 2.75) is 26.2 Å². The second-order valence-corrected chi connectivity index (χ2v) is 6.18. The third-order valence-corrected chi connectivity index (χ3v) is 4.55. The van der Waals surface area contributed by atoms with Gasteiger partial charge in [0.05, 0.1) is 5.69 Å². The Bertz CT molecular complexity index is 363. The molecule has 1 aromatic rings. The van der Waals surface area contributed by atoms with E-state index in [9.17, 15) is 4.39 Å². The van der Waals surface area contributed by atoms with Gasteiger partial charge in [-0.25, -0.2) is 4.39 Å². The number of hydrogen-bond donors (Lipinski definition) is 0. The molecule has 0 amide bonds. The van der Waals surface area contributed by atoms with Gasteiger partial charge in [-0.2, -0.15) is 11.8 Å². The van der Waals surface area contributed by atoms with Gasteiger partial charge in [-0.05, 0) is 48.8 Å². The third-order valence-electron chi connectivity index (χ3n) is 3.51. The first kappa shape index (κ1) is 13.7. The molecule has 1 heterocycles. The molecule has 1 aromatic carbocycles. The van der Waals surface area contributed by atoms with E-state index < -0.39 is 0 Å². The monoisotopic (exact) mass is 267 g/mol. The molecule has 0 aliphatic carbocycles. The standard InChI is InChI=1S/C15H22FNS/c1-2-9-17(12-13-7-10-18-11-8-13)15-6-4-3-5-14(15)16/h3-6,13H,2,7-12H2,1H3. The summed E-state index contributed by atoms with van der Waals surface area (Å²) in [6, 6.07) is 7.16. The molecule has 0 N–H and O–H groups in total. The van der Waals surface area contributed by atoms with Crippen LogP contribution in [0.25, 0.3) is 0 Å². The van der Waals surface area contributed by atoms with Gasteiger partial charge in [0.2, 0.25) is 0 Å². The van der Waals surface area contributed by atoms with Gasteiger partial charge in [0.25, 0.3) is 0 Å². The number of halogens is 1. The van der Waals surface area contributed by atoms with E-state index in [0.29, 0.717) is 0 Å². The zero-order valence-corrected chi connectivity index (χ0v) is 11.9. The molecule has 1 aliphatic rings. The lowest BCUT2D eigenvalue weighted by atomic mass is 10.0. The van der Waals surface area contributed by atoms with Crippen LogP contribution in [0.2, 0.25) is 0 Å². The van der Waals surface area contributed by atoms with Crippen molar-refractivity contribution in [1.82, 2.24) is 0 Å². The highest BCUT2D eigenvalue weighted by Gasteiger charge is 2.18. The van der Waals surface area contributed by atoms with Crippen LogP contribution in [0.5, 0.6) is 0 Å². The summed E-state index contributed by atoms with van der Waals surface area (Å²) in [5, 5.41) is 0. The summed E-state index contributed by atoms with van der Waals surface area (Å²) in [5.41, 5.74) is 0.776. The van der Waals surface area contributed by atoms with Gasteiger partial charge in [-0.1, -0.05) is 19.1 Å². The van der Waals surface area contributed by atoms with Crippen LogP contribution in [0.3, 0.4) is 0 Å². The van der Waals surface area contributed by atoms with Crippen molar-refractivity contribution in [2.75, 3.05) is 29.5 Å². The van der Waals surface area contributed by atoms with Crippen molar-refractivity contribution >= 4 is 17.4 Å². The second kappa shape index (κ2) is 7.03. The Balaban J connectivity index is 2.05. The molecule has 1 saturated heterocycles. The number of para-hydroxylation sites is 1. The fourth-order valence-corrected chi connectivity index (χ4v) is 3.73. The minimum atomic E-state index is -0.0869. The van der Waals surface area contributed by atoms with Gasteiger partial charge < -0.3 is 4.90 Å². The lowest BCUT2D eigenvalue weighted by Gasteiger charge is -2.31. The van der Waals surface area contributed by atoms with Crippen LogP contribution in [0.4, 0.5) is 10.1 Å². The second-order valence-electron chi connectivity index (χ2n) is 4.95. The average molecular weight is 267 g/mol. The maximum atomic E-state index is 13.9. The number of hydrogen-bond acceptors (Lipinski definition) is 2. The molecule has 3 heteroatoms. The quantitative estimate of drug-likeness (QED) is 0.787. The van der Waals surface area contributed by atoms with Crippen molar-refractivity contribution in [3.05, 3.63) is 30.1 Å². The summed E-state index contributed by atoms with van der Waals surface area (Å²) in [6.07, 6.45) is 3.62. The van der Waals surface area contributed by atoms with Gasteiger partial charge in [0.1, 0.15) is 5.82 Å². The Morgan fingerprint density at radius 3 is 2.67 bits per heavy atom. The van der Waals surface area contributed by atoms with Gasteiger partial charge in [0, 0.05) is 13.1 Å². The Hall–Kier alpha value is -0.700. The minimum Gasteiger partial charge on any atom is -0.369 e. The zero-order valence-electron chi connectivity index (χ0n) is 11.1. The molecule has 1 nitrogen and oxygen atoms in total. The molecule has 0 saturated carbocycles. The topological polar surface area (TPSA) is 3.24 Å². The Morgan fingerprint density at radius 2 is 2.00 bits per heavy atom. The van der Waals surface area contributed by atoms with Crippen molar-refractivity contribution in [1.29, 1.82) is 0 Å². The molecule has 0 aromatic heterocycles. The molecule has 100 valence electrons. The molecule has 0 unspecified atom stereocenters. The highest BCUT2D eigenvalue weighted by atomic mass is 32.2. The molecule has 2 rings (SSSR count). The first-order valence-corrected chi connectivity index (χ1v) is 8.04. The van der Waals surface area contributed by atoms with E-state index in [4.69, 9.17) is 0 Å². The molecule has 0 spiro atoms. The van der Waals surface area contributed by atoms with Crippen molar-refractivity contribution < 1.29 is 4.39 Å². The predicted molar refractivity (Wildman–Crippen MR) is 79.0 cm³/mol. The third kappa shape index (κ3) is 3.64. The van der Waals surface area contributed by atoms with Crippen LogP contribution < -0.4 is 4.90 Å². The summed E-state index contributed by atoms with van der Waals surface area (Å²) in [7, 11) is 0. The zero-order chi connectivity index (χ0) is 12.8. The smallest absolute Gasteiger partial charge is 0.146 e. The highest BCUT2D eigenvalue weighted by Crippen LogP contribution is 2.26. The minimum absolute atomic E-state index is 0.0869. The Morgan fingerprint density at radius 1 is 1.28 bits per heavy atom. The maximum Gasteiger partial charge on any atom is 0.146 e. The average Bonchev–Trinajstić information content (AvgIpc) is 2.40. The fraction of sp³-hybridized carbons (Fsp3) is 0.600. The van der Waals surface area contributed by atoms with E-state index in [-0.39, 0.29) is 5.82 Å². The van der Waals surface area contributed by atoms with E-state index >= 15 is 0 Å². The maximum absolute atomic E-state index is 13.9. The SMILES string of the molecule is CCCN(CC1CCSCC1)c1ccccc1F. The number of rotatable bonds is 5. The van der Waals surface area contributed by atoms with E-state index in [0.717, 1.165) is 31.1 Å². The predicted octanol–water partition coefficient (Wildman–Crippen LogP) is 4.19. The lowest BCUT2D eigenvalue weighted by molar-refractivity contribution is 0.475. The molecular formula is C15H22FNS. The summed E-state index contributed by atoms with van der Waals surface area (Å²) >= 11 is 2.05. The van der Waals surface area contributed by atoms with E-state index in [1.54, 1.807) is 12.1 Å². The van der Waals surface area contributed by atoms with Crippen molar-refractivity contribution in [2.24, 2.45) is 5.92 Å². The van der Waals surface area contributed by atoms with Crippen molar-refractivity contribution in [3.63, 3.8) is 0 Å². The highest BCUT2D eigenvalue weighted by molar-refractivity contribution is 7.99. The summed E-state index contributed by atoms with van der Waals surface area (Å²) in [5.74, 6) is 3.18. The van der Waals surface area contributed by atoms with E-state index in [2.05, 4.69) is 11.8 Å². The molecule has 0 radical (unpaired) electrons. The summed E-state index contributed by atoms with van der Waals surface area (Å²) < 4.78 is 13.9. The fourth-order valence-electron chi connectivity index (χ4n) is 2.53. The Kier molecular flexibility index (Phi) is 5.36.